The van der Waals surface area contributed by atoms with Gasteiger partial charge in [-0.2, -0.15) is 10.2 Å². The van der Waals surface area contributed by atoms with Crippen LogP contribution < -0.4 is 9.47 Å². The summed E-state index contributed by atoms with van der Waals surface area (Å²) in [5.74, 6) is 0.689. The Morgan fingerprint density at radius 1 is 1.16 bits per heavy atom. The lowest BCUT2D eigenvalue weighted by Gasteiger charge is -2.32. The van der Waals surface area contributed by atoms with Gasteiger partial charge >= 0.3 is 5.97 Å². The quantitative estimate of drug-likeness (QED) is 0.232. The fourth-order valence-corrected chi connectivity index (χ4v) is 5.70. The van der Waals surface area contributed by atoms with E-state index in [1.807, 2.05) is 0 Å². The number of benzene rings is 2. The monoisotopic (exact) mass is 604 g/mol. The number of hydrogen-bond donors (Lipinski definition) is 1. The number of ether oxygens (including phenoxy) is 2. The molecular formula is C31H30ClFN6O4. The van der Waals surface area contributed by atoms with E-state index in [0.29, 0.717) is 37.0 Å². The second-order valence-corrected chi connectivity index (χ2v) is 11.6. The van der Waals surface area contributed by atoms with Crippen molar-refractivity contribution in [2.45, 2.75) is 57.9 Å². The van der Waals surface area contributed by atoms with E-state index in [1.165, 1.54) is 18.2 Å². The number of halogens is 2. The first-order valence-electron chi connectivity index (χ1n) is 14.2. The van der Waals surface area contributed by atoms with Crippen LogP contribution in [0.25, 0.3) is 11.0 Å². The molecule has 1 aliphatic heterocycles. The first-order valence-corrected chi connectivity index (χ1v) is 14.6. The molecule has 1 N–H and O–H groups in total. The molecule has 12 heteroatoms. The maximum Gasteiger partial charge on any atom is 0.335 e. The molecule has 0 unspecified atom stereocenters. The Kier molecular flexibility index (Phi) is 8.15. The van der Waals surface area contributed by atoms with E-state index in [1.54, 1.807) is 30.5 Å². The highest BCUT2D eigenvalue weighted by Gasteiger charge is 2.43. The average molecular weight is 605 g/mol. The number of aromatic nitrogens is 4. The number of nitrogens with zero attached hydrogens (tertiary/aromatic N) is 6. The largest absolute Gasteiger partial charge is 0.484 e. The molecule has 43 heavy (non-hydrogen) atoms. The van der Waals surface area contributed by atoms with Crippen molar-refractivity contribution < 1.29 is 23.8 Å². The normalized spacial score (nSPS) is 16.6. The van der Waals surface area contributed by atoms with Gasteiger partial charge in [0, 0.05) is 43.7 Å². The molecule has 4 aromatic rings. The minimum Gasteiger partial charge on any atom is -0.484 e. The molecule has 2 aromatic carbocycles. The molecule has 1 saturated carbocycles. The molecule has 0 atom stereocenters. The number of likely N-dealkylation sites (tertiary alicyclic amines) is 1. The fraction of sp³-hybridized carbons (Fsp3) is 0.387. The van der Waals surface area contributed by atoms with Crippen LogP contribution >= 0.6 is 11.6 Å². The van der Waals surface area contributed by atoms with E-state index in [2.05, 4.69) is 25.5 Å². The summed E-state index contributed by atoms with van der Waals surface area (Å²) in [6, 6.07) is 13.0. The predicted molar refractivity (Wildman–Crippen MR) is 155 cm³/mol. The number of carboxylic acids is 1. The lowest BCUT2D eigenvalue weighted by Crippen LogP contribution is -2.38. The molecule has 3 heterocycles. The highest BCUT2D eigenvalue weighted by Crippen LogP contribution is 2.50. The Morgan fingerprint density at radius 2 is 1.98 bits per heavy atom. The van der Waals surface area contributed by atoms with Crippen LogP contribution in [0.4, 0.5) is 4.39 Å². The number of carboxylic acid groups (broad SMARTS) is 1. The molecule has 2 aromatic heterocycles. The highest BCUT2D eigenvalue weighted by molar-refractivity contribution is 6.32. The number of carbonyl (C=O) groups is 1. The molecule has 1 aliphatic carbocycles. The molecule has 0 spiro atoms. The summed E-state index contributed by atoms with van der Waals surface area (Å²) in [6.45, 7) is 2.92. The number of aromatic carboxylic acids is 1. The smallest absolute Gasteiger partial charge is 0.335 e. The molecule has 2 fully saturated rings. The van der Waals surface area contributed by atoms with Crippen molar-refractivity contribution >= 4 is 28.6 Å². The number of nitriles is 1. The van der Waals surface area contributed by atoms with Gasteiger partial charge in [-0.3, -0.25) is 4.90 Å². The Balaban J connectivity index is 1.08. The summed E-state index contributed by atoms with van der Waals surface area (Å²) >= 11 is 6.04. The van der Waals surface area contributed by atoms with E-state index in [9.17, 15) is 19.6 Å². The first kappa shape index (κ1) is 28.8. The molecule has 6 rings (SSSR count). The third-order valence-corrected chi connectivity index (χ3v) is 8.39. The summed E-state index contributed by atoms with van der Waals surface area (Å²) in [7, 11) is 0. The zero-order valence-electron chi connectivity index (χ0n) is 23.4. The summed E-state index contributed by atoms with van der Waals surface area (Å²) in [4.78, 5) is 27.6. The predicted octanol–water partition coefficient (Wildman–Crippen LogP) is 5.63. The molecule has 1 saturated heterocycles. The summed E-state index contributed by atoms with van der Waals surface area (Å²) in [5, 5.41) is 19.1. The van der Waals surface area contributed by atoms with E-state index >= 15 is 0 Å². The van der Waals surface area contributed by atoms with Crippen molar-refractivity contribution in [1.82, 2.24) is 24.4 Å². The van der Waals surface area contributed by atoms with Gasteiger partial charge in [-0.15, -0.1) is 0 Å². The van der Waals surface area contributed by atoms with Crippen LogP contribution in [0.5, 0.6) is 11.6 Å². The van der Waals surface area contributed by atoms with Crippen LogP contribution in [0, 0.1) is 22.6 Å². The van der Waals surface area contributed by atoms with E-state index < -0.39 is 11.8 Å². The summed E-state index contributed by atoms with van der Waals surface area (Å²) < 4.78 is 27.2. The lowest BCUT2D eigenvalue weighted by atomic mass is 10.0. The third-order valence-electron chi connectivity index (χ3n) is 8.10. The SMILES string of the molecule is N#CCC1(Cn2c(CN3CCC(Oc4ccnc(COc5ccc(F)cc5Cl)n4)CC3)nc3ccc(C(=O)O)cc32)CC1. The van der Waals surface area contributed by atoms with Gasteiger partial charge in [0.2, 0.25) is 5.88 Å². The van der Waals surface area contributed by atoms with Gasteiger partial charge in [-0.1, -0.05) is 11.6 Å². The van der Waals surface area contributed by atoms with E-state index in [0.717, 1.165) is 55.6 Å². The summed E-state index contributed by atoms with van der Waals surface area (Å²) in [6.07, 6.45) is 5.63. The van der Waals surface area contributed by atoms with Crippen molar-refractivity contribution in [1.29, 1.82) is 5.26 Å². The molecule has 0 bridgehead atoms. The van der Waals surface area contributed by atoms with Crippen LogP contribution in [-0.4, -0.2) is 54.7 Å². The van der Waals surface area contributed by atoms with Crippen molar-refractivity contribution in [3.8, 4) is 17.7 Å². The lowest BCUT2D eigenvalue weighted by molar-refractivity contribution is 0.0697. The van der Waals surface area contributed by atoms with Crippen LogP contribution in [0.15, 0.2) is 48.7 Å². The number of piperidine rings is 1. The molecular weight excluding hydrogens is 575 g/mol. The highest BCUT2D eigenvalue weighted by atomic mass is 35.5. The Bertz CT molecular complexity index is 1690. The van der Waals surface area contributed by atoms with Gasteiger partial charge < -0.3 is 19.1 Å². The Hall–Kier alpha value is -4.27. The van der Waals surface area contributed by atoms with E-state index in [4.69, 9.17) is 26.1 Å². The Morgan fingerprint density at radius 3 is 2.70 bits per heavy atom. The van der Waals surface area contributed by atoms with Gasteiger partial charge in [0.1, 0.15) is 30.1 Å². The van der Waals surface area contributed by atoms with Gasteiger partial charge in [0.05, 0.1) is 34.2 Å². The van der Waals surface area contributed by atoms with Crippen molar-refractivity contribution in [2.24, 2.45) is 5.41 Å². The maximum absolute atomic E-state index is 13.3. The maximum atomic E-state index is 13.3. The number of imidazole rings is 1. The molecule has 10 nitrogen and oxygen atoms in total. The number of rotatable bonds is 11. The molecule has 2 aliphatic rings. The zero-order valence-corrected chi connectivity index (χ0v) is 24.1. The molecule has 0 radical (unpaired) electrons. The van der Waals surface area contributed by atoms with Crippen molar-refractivity contribution in [3.05, 3.63) is 76.7 Å². The fourth-order valence-electron chi connectivity index (χ4n) is 5.48. The standard InChI is InChI=1S/C31H30ClFN6O4/c32-23-16-21(33)2-4-26(23)42-18-27-35-12-5-29(37-27)43-22-6-13-38(14-7-22)17-28-36-24-3-1-20(30(40)41)15-25(24)39(28)19-31(8-9-31)10-11-34/h1-5,12,15-16,22H,6-10,13-14,17-19H2,(H,40,41). The van der Waals surface area contributed by atoms with Gasteiger partial charge in [-0.25, -0.2) is 19.2 Å². The third kappa shape index (κ3) is 6.71. The van der Waals surface area contributed by atoms with Crippen LogP contribution in [0.3, 0.4) is 0 Å². The second kappa shape index (κ2) is 12.1. The van der Waals surface area contributed by atoms with Gasteiger partial charge in [0.15, 0.2) is 5.82 Å². The van der Waals surface area contributed by atoms with Gasteiger partial charge in [0.25, 0.3) is 0 Å². The average Bonchev–Trinajstić information content (AvgIpc) is 3.67. The van der Waals surface area contributed by atoms with Crippen LogP contribution in [0.2, 0.25) is 5.02 Å². The molecule has 222 valence electrons. The number of hydrogen-bond acceptors (Lipinski definition) is 8. The minimum absolute atomic E-state index is 0.0197. The topological polar surface area (TPSA) is 126 Å². The van der Waals surface area contributed by atoms with Crippen molar-refractivity contribution in [2.75, 3.05) is 13.1 Å². The molecule has 0 amide bonds. The van der Waals surface area contributed by atoms with Crippen LogP contribution in [0.1, 0.15) is 54.1 Å². The van der Waals surface area contributed by atoms with Gasteiger partial charge in [-0.05, 0) is 62.1 Å². The second-order valence-electron chi connectivity index (χ2n) is 11.2. The van der Waals surface area contributed by atoms with Crippen LogP contribution in [-0.2, 0) is 19.7 Å². The minimum atomic E-state index is -0.975. The van der Waals surface area contributed by atoms with Crippen molar-refractivity contribution in [3.63, 3.8) is 0 Å². The number of fused-ring (bicyclic) bond motifs is 1. The Labute approximate surface area is 252 Å². The van der Waals surface area contributed by atoms with E-state index in [-0.39, 0.29) is 28.7 Å². The zero-order chi connectivity index (χ0) is 30.0. The summed E-state index contributed by atoms with van der Waals surface area (Å²) in [5.41, 5.74) is 1.71. The first-order chi connectivity index (χ1) is 20.8.